The van der Waals surface area contributed by atoms with Crippen LogP contribution >= 0.6 is 11.6 Å². The molecule has 16 heavy (non-hydrogen) atoms. The second-order valence-electron chi connectivity index (χ2n) is 4.33. The van der Waals surface area contributed by atoms with E-state index in [1.807, 2.05) is 6.07 Å². The average Bonchev–Trinajstić information content (AvgIpc) is 2.79. The molecule has 0 unspecified atom stereocenters. The van der Waals surface area contributed by atoms with Crippen LogP contribution in [0.2, 0.25) is 5.02 Å². The van der Waals surface area contributed by atoms with Crippen LogP contribution in [0, 0.1) is 17.2 Å². The lowest BCUT2D eigenvalue weighted by molar-refractivity contribution is 0.580. The van der Waals surface area contributed by atoms with E-state index < -0.39 is 0 Å². The van der Waals surface area contributed by atoms with E-state index in [0.717, 1.165) is 18.2 Å². The van der Waals surface area contributed by atoms with E-state index >= 15 is 0 Å². The van der Waals surface area contributed by atoms with Gasteiger partial charge in [-0.25, -0.2) is 0 Å². The summed E-state index contributed by atoms with van der Waals surface area (Å²) in [6.45, 7) is 0.953. The average molecular weight is 235 g/mol. The van der Waals surface area contributed by atoms with E-state index in [2.05, 4.69) is 11.4 Å². The van der Waals surface area contributed by atoms with Gasteiger partial charge in [0.1, 0.15) is 6.07 Å². The molecular weight excluding hydrogens is 220 g/mol. The summed E-state index contributed by atoms with van der Waals surface area (Å²) >= 11 is 5.92. The van der Waals surface area contributed by atoms with Crippen LogP contribution in [-0.4, -0.2) is 6.54 Å². The van der Waals surface area contributed by atoms with E-state index in [9.17, 15) is 0 Å². The molecule has 1 aliphatic rings. The van der Waals surface area contributed by atoms with Gasteiger partial charge in [-0.15, -0.1) is 0 Å². The number of anilines is 1. The minimum Gasteiger partial charge on any atom is -0.384 e. The summed E-state index contributed by atoms with van der Waals surface area (Å²) in [5, 5.41) is 13.0. The highest BCUT2D eigenvalue weighted by atomic mass is 35.5. The van der Waals surface area contributed by atoms with Crippen LogP contribution in [0.1, 0.15) is 31.2 Å². The van der Waals surface area contributed by atoms with Gasteiger partial charge in [0.2, 0.25) is 0 Å². The van der Waals surface area contributed by atoms with Crippen molar-refractivity contribution in [1.82, 2.24) is 0 Å². The lowest BCUT2D eigenvalue weighted by atomic mass is 10.1. The Labute approximate surface area is 101 Å². The van der Waals surface area contributed by atoms with Crippen molar-refractivity contribution in [2.24, 2.45) is 5.92 Å². The van der Waals surface area contributed by atoms with Gasteiger partial charge in [-0.3, -0.25) is 0 Å². The summed E-state index contributed by atoms with van der Waals surface area (Å²) in [4.78, 5) is 0. The van der Waals surface area contributed by atoms with Gasteiger partial charge < -0.3 is 5.32 Å². The van der Waals surface area contributed by atoms with E-state index in [4.69, 9.17) is 16.9 Å². The van der Waals surface area contributed by atoms with Crippen LogP contribution in [0.15, 0.2) is 18.2 Å². The molecule has 1 aromatic carbocycles. The highest BCUT2D eigenvalue weighted by Crippen LogP contribution is 2.26. The number of nitrogens with one attached hydrogen (secondary N) is 1. The molecule has 1 fully saturated rings. The first-order chi connectivity index (χ1) is 7.79. The third-order valence-corrected chi connectivity index (χ3v) is 3.39. The van der Waals surface area contributed by atoms with E-state index in [1.54, 1.807) is 12.1 Å². The predicted molar refractivity (Wildman–Crippen MR) is 66.6 cm³/mol. The summed E-state index contributed by atoms with van der Waals surface area (Å²) in [6.07, 6.45) is 5.28. The summed E-state index contributed by atoms with van der Waals surface area (Å²) in [5.74, 6) is 0.755. The summed E-state index contributed by atoms with van der Waals surface area (Å²) in [5.41, 5.74) is 1.53. The molecule has 0 bridgehead atoms. The minimum atomic E-state index is 0.669. The molecule has 0 heterocycles. The SMILES string of the molecule is N#Cc1ccc(Cl)cc1NCC1CCCC1. The predicted octanol–water partition coefficient (Wildman–Crippen LogP) is 3.81. The third kappa shape index (κ3) is 2.68. The summed E-state index contributed by atoms with van der Waals surface area (Å²) in [7, 11) is 0. The van der Waals surface area contributed by atoms with Crippen molar-refractivity contribution < 1.29 is 0 Å². The molecule has 1 aliphatic carbocycles. The molecule has 2 rings (SSSR count). The van der Waals surface area contributed by atoms with Crippen molar-refractivity contribution in [2.75, 3.05) is 11.9 Å². The van der Waals surface area contributed by atoms with Crippen molar-refractivity contribution in [1.29, 1.82) is 5.26 Å². The zero-order valence-electron chi connectivity index (χ0n) is 9.17. The Morgan fingerprint density at radius 2 is 2.12 bits per heavy atom. The molecule has 0 radical (unpaired) electrons. The van der Waals surface area contributed by atoms with Crippen molar-refractivity contribution in [3.63, 3.8) is 0 Å². The lowest BCUT2D eigenvalue weighted by Gasteiger charge is -2.13. The zero-order valence-corrected chi connectivity index (χ0v) is 9.93. The van der Waals surface area contributed by atoms with Crippen molar-refractivity contribution in [2.45, 2.75) is 25.7 Å². The number of nitriles is 1. The second-order valence-corrected chi connectivity index (χ2v) is 4.77. The molecule has 1 saturated carbocycles. The fraction of sp³-hybridized carbons (Fsp3) is 0.462. The number of nitrogens with zero attached hydrogens (tertiary/aromatic N) is 1. The second kappa shape index (κ2) is 5.23. The molecule has 0 amide bonds. The lowest BCUT2D eigenvalue weighted by Crippen LogP contribution is -2.11. The van der Waals surface area contributed by atoms with Crippen LogP contribution in [0.5, 0.6) is 0 Å². The van der Waals surface area contributed by atoms with Crippen molar-refractivity contribution in [3.05, 3.63) is 28.8 Å². The molecule has 1 aromatic rings. The Morgan fingerprint density at radius 1 is 1.38 bits per heavy atom. The largest absolute Gasteiger partial charge is 0.384 e. The molecule has 0 atom stereocenters. The fourth-order valence-electron chi connectivity index (χ4n) is 2.23. The molecule has 1 N–H and O–H groups in total. The minimum absolute atomic E-state index is 0.669. The Hall–Kier alpha value is -1.20. The highest BCUT2D eigenvalue weighted by Gasteiger charge is 2.15. The Balaban J connectivity index is 2.02. The molecule has 0 aliphatic heterocycles. The standard InChI is InChI=1S/C13H15ClN2/c14-12-6-5-11(8-15)13(7-12)16-9-10-3-1-2-4-10/h5-7,10,16H,1-4,9H2. The molecule has 3 heteroatoms. The molecule has 2 nitrogen and oxygen atoms in total. The van der Waals surface area contributed by atoms with Crippen LogP contribution in [-0.2, 0) is 0 Å². The monoisotopic (exact) mass is 234 g/mol. The maximum Gasteiger partial charge on any atom is 0.101 e. The van der Waals surface area contributed by atoms with Crippen molar-refractivity contribution in [3.8, 4) is 6.07 Å². The van der Waals surface area contributed by atoms with Gasteiger partial charge in [0.05, 0.1) is 11.3 Å². The van der Waals surface area contributed by atoms with E-state index in [1.165, 1.54) is 25.7 Å². The quantitative estimate of drug-likeness (QED) is 0.863. The summed E-state index contributed by atoms with van der Waals surface area (Å²) < 4.78 is 0. The van der Waals surface area contributed by atoms with Gasteiger partial charge in [-0.1, -0.05) is 24.4 Å². The van der Waals surface area contributed by atoms with Crippen molar-refractivity contribution >= 4 is 17.3 Å². The van der Waals surface area contributed by atoms with Crippen LogP contribution in [0.4, 0.5) is 5.69 Å². The number of benzene rings is 1. The third-order valence-electron chi connectivity index (χ3n) is 3.16. The molecule has 84 valence electrons. The van der Waals surface area contributed by atoms with Gasteiger partial charge in [0.15, 0.2) is 0 Å². The first kappa shape index (κ1) is 11.3. The van der Waals surface area contributed by atoms with E-state index in [0.29, 0.717) is 10.6 Å². The van der Waals surface area contributed by atoms with Gasteiger partial charge in [0, 0.05) is 11.6 Å². The number of rotatable bonds is 3. The Kier molecular flexibility index (Phi) is 3.69. The topological polar surface area (TPSA) is 35.8 Å². The zero-order chi connectivity index (χ0) is 11.4. The fourth-order valence-corrected chi connectivity index (χ4v) is 2.40. The Morgan fingerprint density at radius 3 is 2.81 bits per heavy atom. The first-order valence-corrected chi connectivity index (χ1v) is 6.11. The van der Waals surface area contributed by atoms with Gasteiger partial charge >= 0.3 is 0 Å². The van der Waals surface area contributed by atoms with Gasteiger partial charge in [-0.2, -0.15) is 5.26 Å². The normalized spacial score (nSPS) is 16.0. The number of hydrogen-bond acceptors (Lipinski definition) is 2. The van der Waals surface area contributed by atoms with Crippen LogP contribution < -0.4 is 5.32 Å². The molecule has 0 spiro atoms. The molecule has 0 aromatic heterocycles. The van der Waals surface area contributed by atoms with Gasteiger partial charge in [0.25, 0.3) is 0 Å². The maximum atomic E-state index is 8.97. The number of hydrogen-bond donors (Lipinski definition) is 1. The highest BCUT2D eigenvalue weighted by molar-refractivity contribution is 6.30. The van der Waals surface area contributed by atoms with Crippen LogP contribution in [0.25, 0.3) is 0 Å². The smallest absolute Gasteiger partial charge is 0.101 e. The maximum absolute atomic E-state index is 8.97. The Bertz CT molecular complexity index is 403. The van der Waals surface area contributed by atoms with Gasteiger partial charge in [-0.05, 0) is 37.0 Å². The summed E-state index contributed by atoms with van der Waals surface area (Å²) in [6, 6.07) is 7.52. The molecule has 0 saturated heterocycles. The van der Waals surface area contributed by atoms with Crippen LogP contribution in [0.3, 0.4) is 0 Å². The first-order valence-electron chi connectivity index (χ1n) is 5.73. The van der Waals surface area contributed by atoms with E-state index in [-0.39, 0.29) is 0 Å². The molecular formula is C13H15ClN2. The number of halogens is 1.